The number of hydrogen-bond donors (Lipinski definition) is 1. The van der Waals surface area contributed by atoms with Gasteiger partial charge in [0.15, 0.2) is 0 Å². The van der Waals surface area contributed by atoms with Crippen molar-refractivity contribution in [1.82, 2.24) is 4.90 Å². The molecule has 112 valence electrons. The Kier molecular flexibility index (Phi) is 5.16. The van der Waals surface area contributed by atoms with E-state index >= 15 is 0 Å². The van der Waals surface area contributed by atoms with Gasteiger partial charge in [-0.1, -0.05) is 26.0 Å². The molecule has 0 aliphatic carbocycles. The number of carbonyl (C=O) groups is 1. The van der Waals surface area contributed by atoms with Gasteiger partial charge in [-0.2, -0.15) is 0 Å². The number of amides is 1. The van der Waals surface area contributed by atoms with E-state index in [9.17, 15) is 9.18 Å². The first kappa shape index (κ1) is 16.9. The Morgan fingerprint density at radius 2 is 2.10 bits per heavy atom. The summed E-state index contributed by atoms with van der Waals surface area (Å²) >= 11 is 0. The number of rotatable bonds is 1. The lowest BCUT2D eigenvalue weighted by atomic mass is 9.79. The molecular weight excluding hydrogens is 279 g/mol. The normalized spacial score (nSPS) is 21.2. The largest absolute Gasteiger partial charge is 0.338 e. The predicted molar refractivity (Wildman–Crippen MR) is 80.7 cm³/mol. The Morgan fingerprint density at radius 1 is 1.45 bits per heavy atom. The van der Waals surface area contributed by atoms with Gasteiger partial charge in [0.1, 0.15) is 5.82 Å². The van der Waals surface area contributed by atoms with E-state index in [0.717, 1.165) is 6.42 Å². The zero-order chi connectivity index (χ0) is 14.2. The number of halogens is 2. The highest BCUT2D eigenvalue weighted by Gasteiger charge is 2.36. The van der Waals surface area contributed by atoms with Crippen molar-refractivity contribution in [1.29, 1.82) is 0 Å². The quantitative estimate of drug-likeness (QED) is 0.867. The van der Waals surface area contributed by atoms with Crippen molar-refractivity contribution in [3.05, 3.63) is 35.1 Å². The highest BCUT2D eigenvalue weighted by molar-refractivity contribution is 5.94. The van der Waals surface area contributed by atoms with Crippen molar-refractivity contribution in [2.75, 3.05) is 13.1 Å². The van der Waals surface area contributed by atoms with Crippen molar-refractivity contribution >= 4 is 18.3 Å². The van der Waals surface area contributed by atoms with Crippen LogP contribution >= 0.6 is 12.4 Å². The van der Waals surface area contributed by atoms with E-state index in [1.54, 1.807) is 30.0 Å². The zero-order valence-electron chi connectivity index (χ0n) is 12.1. The van der Waals surface area contributed by atoms with Crippen LogP contribution < -0.4 is 5.73 Å². The molecule has 2 N–H and O–H groups in total. The second kappa shape index (κ2) is 6.10. The molecule has 3 nitrogen and oxygen atoms in total. The summed E-state index contributed by atoms with van der Waals surface area (Å²) in [7, 11) is 0. The molecule has 1 aromatic carbocycles. The van der Waals surface area contributed by atoms with Crippen LogP contribution in [0.15, 0.2) is 18.2 Å². The third kappa shape index (κ3) is 3.13. The highest BCUT2D eigenvalue weighted by atomic mass is 35.5. The molecule has 1 amide bonds. The number of piperidine rings is 1. The van der Waals surface area contributed by atoms with Crippen molar-refractivity contribution < 1.29 is 9.18 Å². The molecule has 0 bridgehead atoms. The summed E-state index contributed by atoms with van der Waals surface area (Å²) in [5.41, 5.74) is 6.58. The minimum absolute atomic E-state index is 0. The fourth-order valence-electron chi connectivity index (χ4n) is 2.53. The second-order valence-corrected chi connectivity index (χ2v) is 6.05. The van der Waals surface area contributed by atoms with Crippen LogP contribution in [0, 0.1) is 18.2 Å². The predicted octanol–water partition coefficient (Wildman–Crippen LogP) is 2.76. The number of nitrogens with zero attached hydrogens (tertiary/aromatic N) is 1. The van der Waals surface area contributed by atoms with Crippen LogP contribution in [0.1, 0.15) is 36.2 Å². The lowest BCUT2D eigenvalue weighted by Gasteiger charge is -2.42. The number of benzene rings is 1. The van der Waals surface area contributed by atoms with Gasteiger partial charge >= 0.3 is 0 Å². The second-order valence-electron chi connectivity index (χ2n) is 6.05. The number of aryl methyl sites for hydroxylation is 1. The Balaban J connectivity index is 0.00000200. The molecule has 1 heterocycles. The lowest BCUT2D eigenvalue weighted by Crippen LogP contribution is -2.54. The van der Waals surface area contributed by atoms with Gasteiger partial charge in [-0.3, -0.25) is 4.79 Å². The van der Waals surface area contributed by atoms with E-state index < -0.39 is 5.82 Å². The van der Waals surface area contributed by atoms with Crippen LogP contribution in [0.2, 0.25) is 0 Å². The molecule has 1 unspecified atom stereocenters. The van der Waals surface area contributed by atoms with Gasteiger partial charge in [0.25, 0.3) is 5.91 Å². The summed E-state index contributed by atoms with van der Waals surface area (Å²) < 4.78 is 14.0. The average molecular weight is 301 g/mol. The number of likely N-dealkylation sites (tertiary alicyclic amines) is 1. The monoisotopic (exact) mass is 300 g/mol. The maximum atomic E-state index is 14.0. The zero-order valence-corrected chi connectivity index (χ0v) is 13.0. The summed E-state index contributed by atoms with van der Waals surface area (Å²) in [6, 6.07) is 5.01. The minimum atomic E-state index is -0.417. The Hall–Kier alpha value is -1.13. The van der Waals surface area contributed by atoms with E-state index in [4.69, 9.17) is 5.73 Å². The van der Waals surface area contributed by atoms with Crippen molar-refractivity contribution in [2.45, 2.75) is 33.2 Å². The Labute approximate surface area is 125 Å². The van der Waals surface area contributed by atoms with Crippen LogP contribution in [-0.4, -0.2) is 29.9 Å². The van der Waals surface area contributed by atoms with Crippen molar-refractivity contribution in [2.24, 2.45) is 11.1 Å². The molecule has 1 saturated heterocycles. The third-order valence-electron chi connectivity index (χ3n) is 4.02. The molecule has 1 aliphatic heterocycles. The standard InChI is InChI=1S/C15H21FN2O.ClH/c1-10-5-4-6-11(13(10)16)14(19)18-8-7-12(17)15(2,3)9-18;/h4-6,12H,7-9,17H2,1-3H3;1H. The van der Waals surface area contributed by atoms with E-state index in [-0.39, 0.29) is 35.3 Å². The first-order chi connectivity index (χ1) is 8.83. The highest BCUT2D eigenvalue weighted by Crippen LogP contribution is 2.29. The lowest BCUT2D eigenvalue weighted by molar-refractivity contribution is 0.0528. The number of carbonyl (C=O) groups excluding carboxylic acids is 1. The van der Waals surface area contributed by atoms with Gasteiger partial charge in [0, 0.05) is 19.1 Å². The van der Waals surface area contributed by atoms with Gasteiger partial charge in [0.2, 0.25) is 0 Å². The third-order valence-corrected chi connectivity index (χ3v) is 4.02. The first-order valence-electron chi connectivity index (χ1n) is 6.63. The summed E-state index contributed by atoms with van der Waals surface area (Å²) in [5, 5.41) is 0. The van der Waals surface area contributed by atoms with E-state index in [1.807, 2.05) is 13.8 Å². The van der Waals surface area contributed by atoms with Gasteiger partial charge < -0.3 is 10.6 Å². The maximum absolute atomic E-state index is 14.0. The number of nitrogens with two attached hydrogens (primary N) is 1. The average Bonchev–Trinajstić information content (AvgIpc) is 2.35. The van der Waals surface area contributed by atoms with Crippen LogP contribution in [-0.2, 0) is 0 Å². The molecule has 1 aromatic rings. The van der Waals surface area contributed by atoms with E-state index in [2.05, 4.69) is 0 Å². The minimum Gasteiger partial charge on any atom is -0.338 e. The summed E-state index contributed by atoms with van der Waals surface area (Å²) in [6.07, 6.45) is 0.756. The molecule has 0 aromatic heterocycles. The molecule has 20 heavy (non-hydrogen) atoms. The van der Waals surface area contributed by atoms with Crippen LogP contribution in [0.5, 0.6) is 0 Å². The van der Waals surface area contributed by atoms with Crippen LogP contribution in [0.3, 0.4) is 0 Å². The Morgan fingerprint density at radius 3 is 2.70 bits per heavy atom. The molecule has 2 rings (SSSR count). The number of hydrogen-bond acceptors (Lipinski definition) is 2. The molecule has 1 aliphatic rings. The smallest absolute Gasteiger partial charge is 0.256 e. The van der Waals surface area contributed by atoms with E-state index in [0.29, 0.717) is 18.7 Å². The maximum Gasteiger partial charge on any atom is 0.256 e. The summed E-state index contributed by atoms with van der Waals surface area (Å²) in [4.78, 5) is 14.1. The fraction of sp³-hybridized carbons (Fsp3) is 0.533. The van der Waals surface area contributed by atoms with Crippen LogP contribution in [0.4, 0.5) is 4.39 Å². The Bertz CT molecular complexity index is 505. The molecule has 0 spiro atoms. The topological polar surface area (TPSA) is 46.3 Å². The summed E-state index contributed by atoms with van der Waals surface area (Å²) in [5.74, 6) is -0.652. The van der Waals surface area contributed by atoms with Crippen molar-refractivity contribution in [3.63, 3.8) is 0 Å². The van der Waals surface area contributed by atoms with Gasteiger partial charge in [0.05, 0.1) is 5.56 Å². The first-order valence-corrected chi connectivity index (χ1v) is 6.63. The molecule has 0 radical (unpaired) electrons. The van der Waals surface area contributed by atoms with Gasteiger partial charge in [-0.15, -0.1) is 12.4 Å². The molecule has 1 fully saturated rings. The molecule has 1 atom stereocenters. The fourth-order valence-corrected chi connectivity index (χ4v) is 2.53. The molecule has 0 saturated carbocycles. The molecule has 5 heteroatoms. The van der Waals surface area contributed by atoms with Crippen molar-refractivity contribution in [3.8, 4) is 0 Å². The SMILES string of the molecule is Cc1cccc(C(=O)N2CCC(N)C(C)(C)C2)c1F.Cl. The van der Waals surface area contributed by atoms with Crippen LogP contribution in [0.25, 0.3) is 0 Å². The molecular formula is C15H22ClFN2O. The van der Waals surface area contributed by atoms with E-state index in [1.165, 1.54) is 0 Å². The van der Waals surface area contributed by atoms with Gasteiger partial charge in [-0.25, -0.2) is 4.39 Å². The summed E-state index contributed by atoms with van der Waals surface area (Å²) in [6.45, 7) is 6.92. The van der Waals surface area contributed by atoms with Gasteiger partial charge in [-0.05, 0) is 30.4 Å².